The van der Waals surface area contributed by atoms with Crippen LogP contribution in [0.5, 0.6) is 0 Å². The topological polar surface area (TPSA) is 134 Å². The molecule has 61 heavy (non-hydrogen) atoms. The molecule has 346 valence electrons. The van der Waals surface area contributed by atoms with E-state index in [-0.39, 0.29) is 32.6 Å². The van der Waals surface area contributed by atoms with Crippen molar-refractivity contribution in [3.63, 3.8) is 0 Å². The Kier molecular flexibility index (Phi) is 43.7. The van der Waals surface area contributed by atoms with Crippen LogP contribution in [0.3, 0.4) is 0 Å². The van der Waals surface area contributed by atoms with E-state index in [0.717, 1.165) is 103 Å². The Bertz CT molecular complexity index is 1360. The van der Waals surface area contributed by atoms with E-state index in [9.17, 15) is 19.0 Å². The highest BCUT2D eigenvalue weighted by Gasteiger charge is 2.26. The molecule has 0 fully saturated rings. The fraction of sp³-hybridized carbons (Fsp3) is 0.608. The van der Waals surface area contributed by atoms with E-state index < -0.39 is 32.5 Å². The first-order valence-corrected chi connectivity index (χ1v) is 24.9. The molecule has 0 spiro atoms. The van der Waals surface area contributed by atoms with Crippen molar-refractivity contribution in [1.82, 2.24) is 0 Å². The zero-order chi connectivity index (χ0) is 44.6. The van der Waals surface area contributed by atoms with E-state index in [2.05, 4.69) is 123 Å². The molecule has 0 aliphatic carbocycles. The number of unbranched alkanes of at least 4 members (excludes halogenated alkanes) is 11. The summed E-state index contributed by atoms with van der Waals surface area (Å²) >= 11 is 0. The van der Waals surface area contributed by atoms with Gasteiger partial charge in [-0.3, -0.25) is 18.6 Å². The number of phosphoric ester groups is 1. The Hall–Kier alpha value is -3.33. The summed E-state index contributed by atoms with van der Waals surface area (Å²) < 4.78 is 32.8. The van der Waals surface area contributed by atoms with Gasteiger partial charge in [0.05, 0.1) is 13.2 Å². The van der Waals surface area contributed by atoms with Crippen molar-refractivity contribution in [2.75, 3.05) is 26.4 Å². The van der Waals surface area contributed by atoms with E-state index in [1.165, 1.54) is 25.7 Å². The van der Waals surface area contributed by atoms with Gasteiger partial charge in [-0.25, -0.2) is 4.57 Å². The Morgan fingerprint density at radius 2 is 0.852 bits per heavy atom. The quantitative estimate of drug-likeness (QED) is 0.0266. The zero-order valence-corrected chi connectivity index (χ0v) is 39.0. The molecule has 9 nitrogen and oxygen atoms in total. The van der Waals surface area contributed by atoms with Gasteiger partial charge in [0.15, 0.2) is 6.10 Å². The highest BCUT2D eigenvalue weighted by molar-refractivity contribution is 7.47. The number of phosphoric acid groups is 1. The van der Waals surface area contributed by atoms with Crippen LogP contribution >= 0.6 is 7.82 Å². The molecule has 0 saturated heterocycles. The summed E-state index contributed by atoms with van der Waals surface area (Å²) in [5, 5.41) is 0. The number of ether oxygens (including phenoxy) is 2. The van der Waals surface area contributed by atoms with Gasteiger partial charge in [0.25, 0.3) is 0 Å². The van der Waals surface area contributed by atoms with Crippen LogP contribution in [-0.4, -0.2) is 49.3 Å². The second-order valence-corrected chi connectivity index (χ2v) is 16.3. The van der Waals surface area contributed by atoms with Gasteiger partial charge in [-0.2, -0.15) is 0 Å². The van der Waals surface area contributed by atoms with Gasteiger partial charge in [0, 0.05) is 19.4 Å². The van der Waals surface area contributed by atoms with Crippen LogP contribution in [0.2, 0.25) is 0 Å². The van der Waals surface area contributed by atoms with E-state index in [1.54, 1.807) is 0 Å². The van der Waals surface area contributed by atoms with Gasteiger partial charge in [-0.1, -0.05) is 168 Å². The maximum absolute atomic E-state index is 12.6. The Morgan fingerprint density at radius 3 is 1.28 bits per heavy atom. The van der Waals surface area contributed by atoms with Crippen molar-refractivity contribution >= 4 is 19.8 Å². The molecule has 0 amide bonds. The van der Waals surface area contributed by atoms with Crippen LogP contribution in [0, 0.1) is 0 Å². The predicted octanol–water partition coefficient (Wildman–Crippen LogP) is 13.9. The highest BCUT2D eigenvalue weighted by atomic mass is 31.2. The lowest BCUT2D eigenvalue weighted by atomic mass is 10.1. The molecule has 0 aromatic heterocycles. The molecule has 0 radical (unpaired) electrons. The molecule has 0 bridgehead atoms. The number of nitrogens with two attached hydrogens (primary N) is 1. The number of rotatable bonds is 42. The summed E-state index contributed by atoms with van der Waals surface area (Å²) in [5.41, 5.74) is 5.35. The summed E-state index contributed by atoms with van der Waals surface area (Å²) in [6.45, 7) is 3.44. The Balaban J connectivity index is 4.21. The van der Waals surface area contributed by atoms with Crippen molar-refractivity contribution in [2.24, 2.45) is 5.73 Å². The monoisotopic (exact) mass is 870 g/mol. The molecule has 0 aromatic rings. The van der Waals surface area contributed by atoms with Crippen LogP contribution in [0.1, 0.15) is 168 Å². The van der Waals surface area contributed by atoms with Crippen LogP contribution in [0.4, 0.5) is 0 Å². The third kappa shape index (κ3) is 46.0. The van der Waals surface area contributed by atoms with Crippen LogP contribution in [0.25, 0.3) is 0 Å². The lowest BCUT2D eigenvalue weighted by molar-refractivity contribution is -0.161. The van der Waals surface area contributed by atoms with Crippen molar-refractivity contribution in [2.45, 2.75) is 174 Å². The van der Waals surface area contributed by atoms with Crippen molar-refractivity contribution < 1.29 is 37.6 Å². The summed E-state index contributed by atoms with van der Waals surface area (Å²) in [7, 11) is -4.40. The van der Waals surface area contributed by atoms with E-state index in [4.69, 9.17) is 24.3 Å². The lowest BCUT2D eigenvalue weighted by Crippen LogP contribution is -2.29. The average molecular weight is 870 g/mol. The first-order chi connectivity index (χ1) is 29.8. The molecule has 0 saturated carbocycles. The SMILES string of the molecule is CC/C=C\C/C=C\C/C=C\C/C=C\C/C=C\CCCCCC(=O)OC(COC(=O)CCCCCCCCCC/C=C\C/C=C\C/C=C\C/C=C\CC)COP(=O)(O)OCCN. The van der Waals surface area contributed by atoms with Gasteiger partial charge < -0.3 is 20.1 Å². The number of hydrogen-bond donors (Lipinski definition) is 2. The Labute approximate surface area is 371 Å². The van der Waals surface area contributed by atoms with Crippen molar-refractivity contribution in [1.29, 1.82) is 0 Å². The number of hydrogen-bond acceptors (Lipinski definition) is 8. The smallest absolute Gasteiger partial charge is 0.462 e. The summed E-state index contributed by atoms with van der Waals surface area (Å²) in [5.74, 6) is -0.886. The van der Waals surface area contributed by atoms with Gasteiger partial charge >= 0.3 is 19.8 Å². The maximum atomic E-state index is 12.6. The Morgan fingerprint density at radius 1 is 0.492 bits per heavy atom. The molecule has 10 heteroatoms. The first-order valence-electron chi connectivity index (χ1n) is 23.4. The zero-order valence-electron chi connectivity index (χ0n) is 38.1. The van der Waals surface area contributed by atoms with Crippen LogP contribution in [0.15, 0.2) is 109 Å². The number of carbonyl (C=O) groups excluding carboxylic acids is 2. The van der Waals surface area contributed by atoms with Gasteiger partial charge in [-0.05, 0) is 96.3 Å². The minimum atomic E-state index is -4.40. The molecule has 3 N–H and O–H groups in total. The molecule has 0 aliphatic heterocycles. The van der Waals surface area contributed by atoms with Gasteiger partial charge in [0.1, 0.15) is 6.61 Å². The van der Waals surface area contributed by atoms with Crippen LogP contribution in [-0.2, 0) is 32.7 Å². The fourth-order valence-electron chi connectivity index (χ4n) is 5.77. The molecule has 0 aromatic carbocycles. The molecule has 0 aliphatic rings. The second-order valence-electron chi connectivity index (χ2n) is 14.9. The minimum absolute atomic E-state index is 0.0400. The standard InChI is InChI=1S/C51H84NO8P/c1-3-5-7-9-11-13-15-17-19-21-23-24-26-27-29-31-33-35-37-39-41-43-50(53)57-47-49(48-59-61(55,56)58-46-45-52)60-51(54)44-42-40-38-36-34-32-30-28-25-22-20-18-16-14-12-10-8-6-4-2/h5-8,11-14,17-20,23-25,28,32,34,49H,3-4,9-10,15-16,21-22,26-27,29-31,33,35-48,52H2,1-2H3,(H,55,56)/b7-5-,8-6-,13-11-,14-12-,19-17-,20-18-,24-23-,28-25-,34-32-. The normalized spacial score (nSPS) is 14.2. The number of esters is 2. The molecule has 0 heterocycles. The lowest BCUT2D eigenvalue weighted by Gasteiger charge is -2.19. The van der Waals surface area contributed by atoms with Crippen LogP contribution < -0.4 is 5.73 Å². The van der Waals surface area contributed by atoms with Gasteiger partial charge in [-0.15, -0.1) is 0 Å². The summed E-state index contributed by atoms with van der Waals surface area (Å²) in [4.78, 5) is 35.0. The second kappa shape index (κ2) is 46.2. The third-order valence-electron chi connectivity index (χ3n) is 9.15. The minimum Gasteiger partial charge on any atom is -0.462 e. The molecule has 0 rings (SSSR count). The molecule has 2 unspecified atom stereocenters. The number of carbonyl (C=O) groups is 2. The fourth-order valence-corrected chi connectivity index (χ4v) is 6.53. The summed E-state index contributed by atoms with van der Waals surface area (Å²) in [6, 6.07) is 0. The number of allylic oxidation sites excluding steroid dienone is 18. The highest BCUT2D eigenvalue weighted by Crippen LogP contribution is 2.43. The largest absolute Gasteiger partial charge is 0.472 e. The van der Waals surface area contributed by atoms with E-state index >= 15 is 0 Å². The molecular formula is C51H84NO8P. The molecular weight excluding hydrogens is 786 g/mol. The summed E-state index contributed by atoms with van der Waals surface area (Å²) in [6.07, 6.45) is 61.2. The predicted molar refractivity (Wildman–Crippen MR) is 256 cm³/mol. The van der Waals surface area contributed by atoms with E-state index in [0.29, 0.717) is 12.8 Å². The average Bonchev–Trinajstić information content (AvgIpc) is 3.25. The first kappa shape index (κ1) is 57.7. The maximum Gasteiger partial charge on any atom is 0.472 e. The van der Waals surface area contributed by atoms with Crippen molar-refractivity contribution in [3.05, 3.63) is 109 Å². The van der Waals surface area contributed by atoms with Crippen molar-refractivity contribution in [3.8, 4) is 0 Å². The third-order valence-corrected chi connectivity index (χ3v) is 10.1. The van der Waals surface area contributed by atoms with E-state index in [1.807, 2.05) is 0 Å². The molecule has 2 atom stereocenters. The van der Waals surface area contributed by atoms with Gasteiger partial charge in [0.2, 0.25) is 0 Å².